The Morgan fingerprint density at radius 3 is 2.75 bits per heavy atom. The van der Waals surface area contributed by atoms with Crippen LogP contribution in [0.25, 0.3) is 0 Å². The van der Waals surface area contributed by atoms with Crippen molar-refractivity contribution in [3.63, 3.8) is 0 Å². The lowest BCUT2D eigenvalue weighted by molar-refractivity contribution is 0.356. The topological polar surface area (TPSA) is 38.9 Å². The van der Waals surface area contributed by atoms with Crippen molar-refractivity contribution in [2.24, 2.45) is 5.92 Å². The number of anilines is 1. The highest BCUT2D eigenvalue weighted by atomic mass is 32.2. The lowest BCUT2D eigenvalue weighted by Crippen LogP contribution is -2.15. The molecule has 16 heavy (non-hydrogen) atoms. The molecule has 1 saturated carbocycles. The van der Waals surface area contributed by atoms with Gasteiger partial charge in [-0.15, -0.1) is 11.8 Å². The Balaban J connectivity index is 1.89. The summed E-state index contributed by atoms with van der Waals surface area (Å²) in [6.45, 7) is 2.30. The van der Waals surface area contributed by atoms with Crippen molar-refractivity contribution in [3.8, 4) is 0 Å². The van der Waals surface area contributed by atoms with E-state index in [4.69, 9.17) is 5.73 Å². The van der Waals surface area contributed by atoms with Gasteiger partial charge in [-0.3, -0.25) is 0 Å². The van der Waals surface area contributed by atoms with Crippen molar-refractivity contribution >= 4 is 17.4 Å². The molecule has 1 aliphatic carbocycles. The average molecular weight is 236 g/mol. The Hall–Kier alpha value is -0.700. The van der Waals surface area contributed by atoms with Crippen molar-refractivity contribution < 1.29 is 0 Å². The van der Waals surface area contributed by atoms with Crippen LogP contribution in [0.3, 0.4) is 0 Å². The number of nitrogen functional groups attached to an aromatic ring is 1. The van der Waals surface area contributed by atoms with E-state index in [-0.39, 0.29) is 0 Å². The Bertz CT molecular complexity index is 332. The van der Waals surface area contributed by atoms with Gasteiger partial charge in [-0.05, 0) is 43.7 Å². The van der Waals surface area contributed by atoms with E-state index in [1.54, 1.807) is 0 Å². The third-order valence-electron chi connectivity index (χ3n) is 3.45. The Morgan fingerprint density at radius 1 is 1.38 bits per heavy atom. The summed E-state index contributed by atoms with van der Waals surface area (Å²) in [6, 6.07) is 3.83. The van der Waals surface area contributed by atoms with Crippen molar-refractivity contribution in [1.29, 1.82) is 0 Å². The van der Waals surface area contributed by atoms with E-state index in [9.17, 15) is 0 Å². The Morgan fingerprint density at radius 2 is 2.12 bits per heavy atom. The minimum Gasteiger partial charge on any atom is -0.397 e. The molecule has 2 rings (SSSR count). The lowest BCUT2D eigenvalue weighted by Gasteiger charge is -2.27. The van der Waals surface area contributed by atoms with Gasteiger partial charge in [0.1, 0.15) is 5.03 Å². The first-order valence-corrected chi connectivity index (χ1v) is 7.04. The zero-order valence-corrected chi connectivity index (χ0v) is 10.7. The van der Waals surface area contributed by atoms with Crippen molar-refractivity contribution in [1.82, 2.24) is 4.98 Å². The molecule has 2 N–H and O–H groups in total. The van der Waals surface area contributed by atoms with Crippen molar-refractivity contribution in [2.75, 3.05) is 5.73 Å². The zero-order chi connectivity index (χ0) is 11.4. The molecule has 0 aliphatic heterocycles. The summed E-state index contributed by atoms with van der Waals surface area (Å²) in [4.78, 5) is 4.35. The fourth-order valence-electron chi connectivity index (χ4n) is 2.32. The molecule has 1 aliphatic rings. The smallest absolute Gasteiger partial charge is 0.119 e. The van der Waals surface area contributed by atoms with Crippen LogP contribution in [0.4, 0.5) is 5.69 Å². The zero-order valence-electron chi connectivity index (χ0n) is 9.86. The van der Waals surface area contributed by atoms with Gasteiger partial charge in [-0.1, -0.05) is 13.3 Å². The molecule has 0 amide bonds. The van der Waals surface area contributed by atoms with Crippen molar-refractivity contribution in [2.45, 2.75) is 49.3 Å². The van der Waals surface area contributed by atoms with Crippen molar-refractivity contribution in [3.05, 3.63) is 18.3 Å². The predicted octanol–water partition coefficient (Wildman–Crippen LogP) is 3.72. The third-order valence-corrected chi connectivity index (χ3v) is 4.82. The van der Waals surface area contributed by atoms with Gasteiger partial charge in [0.25, 0.3) is 0 Å². The summed E-state index contributed by atoms with van der Waals surface area (Å²) >= 11 is 1.87. The molecule has 88 valence electrons. The fraction of sp³-hybridized carbons (Fsp3) is 0.615. The number of nitrogens with two attached hydrogens (primary N) is 1. The van der Waals surface area contributed by atoms with Crippen LogP contribution >= 0.6 is 11.8 Å². The Kier molecular flexibility index (Phi) is 4.10. The van der Waals surface area contributed by atoms with Gasteiger partial charge in [0, 0.05) is 11.4 Å². The SMILES string of the molecule is CCC1CCC(Sc2ncccc2N)CC1. The standard InChI is InChI=1S/C13H20N2S/c1-2-10-5-7-11(8-6-10)16-13-12(14)4-3-9-15-13/h3-4,9-11H,2,5-8,14H2,1H3. The van der Waals surface area contributed by atoms with Gasteiger partial charge in [0.15, 0.2) is 0 Å². The molecule has 3 heteroatoms. The van der Waals surface area contributed by atoms with Gasteiger partial charge in [-0.25, -0.2) is 4.98 Å². The summed E-state index contributed by atoms with van der Waals surface area (Å²) in [5.74, 6) is 0.956. The maximum absolute atomic E-state index is 5.91. The van der Waals surface area contributed by atoms with Gasteiger partial charge in [-0.2, -0.15) is 0 Å². The highest BCUT2D eigenvalue weighted by Gasteiger charge is 2.21. The van der Waals surface area contributed by atoms with Crippen LogP contribution in [0, 0.1) is 5.92 Å². The molecule has 0 saturated heterocycles. The van der Waals surface area contributed by atoms with E-state index in [1.807, 2.05) is 30.1 Å². The molecular formula is C13H20N2S. The minimum absolute atomic E-state index is 0.722. The lowest BCUT2D eigenvalue weighted by atomic mass is 9.87. The van der Waals surface area contributed by atoms with E-state index in [1.165, 1.54) is 32.1 Å². The first-order valence-electron chi connectivity index (χ1n) is 6.16. The molecule has 1 fully saturated rings. The van der Waals surface area contributed by atoms with Gasteiger partial charge < -0.3 is 5.73 Å². The summed E-state index contributed by atoms with van der Waals surface area (Å²) < 4.78 is 0. The Labute approximate surface area is 102 Å². The maximum atomic E-state index is 5.91. The van der Waals surface area contributed by atoms with Gasteiger partial charge >= 0.3 is 0 Å². The minimum atomic E-state index is 0.722. The van der Waals surface area contributed by atoms with Crippen LogP contribution < -0.4 is 5.73 Å². The van der Waals surface area contributed by atoms with Crippen LogP contribution in [0.5, 0.6) is 0 Å². The molecule has 1 aromatic heterocycles. The summed E-state index contributed by atoms with van der Waals surface area (Å²) in [7, 11) is 0. The highest BCUT2D eigenvalue weighted by molar-refractivity contribution is 8.00. The molecule has 0 spiro atoms. The number of rotatable bonds is 3. The van der Waals surface area contributed by atoms with Crippen LogP contribution in [-0.4, -0.2) is 10.2 Å². The van der Waals surface area contributed by atoms with Gasteiger partial charge in [0.2, 0.25) is 0 Å². The quantitative estimate of drug-likeness (QED) is 0.869. The first-order chi connectivity index (χ1) is 7.79. The monoisotopic (exact) mass is 236 g/mol. The molecule has 1 heterocycles. The number of pyridine rings is 1. The van der Waals surface area contributed by atoms with E-state index in [2.05, 4.69) is 11.9 Å². The van der Waals surface area contributed by atoms with E-state index < -0.39 is 0 Å². The van der Waals surface area contributed by atoms with Crippen LogP contribution in [0.15, 0.2) is 23.4 Å². The van der Waals surface area contributed by atoms with E-state index in [0.29, 0.717) is 0 Å². The summed E-state index contributed by atoms with van der Waals surface area (Å²) in [5, 5.41) is 1.74. The number of aromatic nitrogens is 1. The van der Waals surface area contributed by atoms with Gasteiger partial charge in [0.05, 0.1) is 5.69 Å². The number of nitrogens with zero attached hydrogens (tertiary/aromatic N) is 1. The van der Waals surface area contributed by atoms with Crippen LogP contribution in [-0.2, 0) is 0 Å². The van der Waals surface area contributed by atoms with E-state index in [0.717, 1.165) is 21.9 Å². The number of hydrogen-bond donors (Lipinski definition) is 1. The maximum Gasteiger partial charge on any atom is 0.119 e. The molecule has 0 atom stereocenters. The summed E-state index contributed by atoms with van der Waals surface area (Å²) in [6.07, 6.45) is 8.56. The second-order valence-corrected chi connectivity index (χ2v) is 5.86. The second-order valence-electron chi connectivity index (χ2n) is 4.57. The molecule has 0 radical (unpaired) electrons. The largest absolute Gasteiger partial charge is 0.397 e. The number of thioether (sulfide) groups is 1. The average Bonchev–Trinajstić information content (AvgIpc) is 2.33. The summed E-state index contributed by atoms with van der Waals surface area (Å²) in [5.41, 5.74) is 6.73. The van der Waals surface area contributed by atoms with E-state index >= 15 is 0 Å². The molecule has 0 bridgehead atoms. The molecule has 0 unspecified atom stereocenters. The molecule has 0 aromatic carbocycles. The molecule has 2 nitrogen and oxygen atoms in total. The van der Waals surface area contributed by atoms with Crippen LogP contribution in [0.1, 0.15) is 39.0 Å². The third kappa shape index (κ3) is 2.91. The second kappa shape index (κ2) is 5.58. The highest BCUT2D eigenvalue weighted by Crippen LogP contribution is 2.37. The van der Waals surface area contributed by atoms with Crippen LogP contribution in [0.2, 0.25) is 0 Å². The normalized spacial score (nSPS) is 25.6. The fourth-order valence-corrected chi connectivity index (χ4v) is 3.47. The molecular weight excluding hydrogens is 216 g/mol. The molecule has 1 aromatic rings. The predicted molar refractivity (Wildman–Crippen MR) is 70.5 cm³/mol. The first kappa shape index (κ1) is 11.8. The number of hydrogen-bond acceptors (Lipinski definition) is 3.